The topological polar surface area (TPSA) is 35.5 Å². The molecule has 0 radical (unpaired) electrons. The molecule has 0 bridgehead atoms. The minimum absolute atomic E-state index is 0.634. The quantitative estimate of drug-likeness (QED) is 0.221. The van der Waals surface area contributed by atoms with Gasteiger partial charge in [0.15, 0.2) is 0 Å². The van der Waals surface area contributed by atoms with Gasteiger partial charge in [-0.25, -0.2) is 9.05 Å². The Morgan fingerprint density at radius 3 is 1.34 bits per heavy atom. The van der Waals surface area contributed by atoms with E-state index in [0.717, 1.165) is 54.9 Å². The summed E-state index contributed by atoms with van der Waals surface area (Å²) in [6.45, 7) is 0. The highest BCUT2D eigenvalue weighted by atomic mass is 31.1. The van der Waals surface area contributed by atoms with Gasteiger partial charge in [-0.15, -0.1) is 0 Å². The molecule has 0 saturated carbocycles. The first-order valence-corrected chi connectivity index (χ1v) is 13.8. The third kappa shape index (κ3) is 4.02. The SMILES string of the molecule is O=[P+]1Oc2c(Cc3ccccc3)cc3ccccc3c2-c2c(c(Cc3ccccc3)cc3ccccc23)O1. The van der Waals surface area contributed by atoms with Gasteiger partial charge in [0.1, 0.15) is 0 Å². The van der Waals surface area contributed by atoms with Crippen molar-refractivity contribution in [1.29, 1.82) is 0 Å². The fourth-order valence-corrected chi connectivity index (χ4v) is 6.29. The molecule has 0 atom stereocenters. The molecule has 4 heteroatoms. The zero-order valence-corrected chi connectivity index (χ0v) is 21.5. The van der Waals surface area contributed by atoms with Crippen LogP contribution in [0.4, 0.5) is 0 Å². The molecule has 0 unspecified atom stereocenters. The molecule has 38 heavy (non-hydrogen) atoms. The lowest BCUT2D eigenvalue weighted by atomic mass is 9.87. The molecule has 0 N–H and O–H groups in total. The summed E-state index contributed by atoms with van der Waals surface area (Å²) in [6, 6.07) is 41.6. The largest absolute Gasteiger partial charge is 0.805 e. The van der Waals surface area contributed by atoms with Crippen LogP contribution in [0.25, 0.3) is 32.7 Å². The average molecular weight is 512 g/mol. The summed E-state index contributed by atoms with van der Waals surface area (Å²) in [4.78, 5) is 0. The molecule has 7 rings (SSSR count). The molecule has 0 spiro atoms. The number of hydrogen-bond acceptors (Lipinski definition) is 3. The summed E-state index contributed by atoms with van der Waals surface area (Å²) >= 11 is 0. The van der Waals surface area contributed by atoms with Crippen LogP contribution in [-0.2, 0) is 17.4 Å². The zero-order valence-electron chi connectivity index (χ0n) is 20.6. The van der Waals surface area contributed by atoms with Crippen molar-refractivity contribution in [3.8, 4) is 22.6 Å². The molecule has 6 aromatic carbocycles. The van der Waals surface area contributed by atoms with E-state index in [0.29, 0.717) is 24.3 Å². The van der Waals surface area contributed by atoms with Crippen molar-refractivity contribution < 1.29 is 13.6 Å². The molecule has 0 fully saturated rings. The van der Waals surface area contributed by atoms with Crippen LogP contribution in [-0.4, -0.2) is 0 Å². The number of fused-ring (bicyclic) bond motifs is 7. The normalized spacial score (nSPS) is 12.4. The Bertz CT molecular complexity index is 1690. The average Bonchev–Trinajstić information content (AvgIpc) is 3.11. The Hall–Kier alpha value is -4.46. The molecule has 0 amide bonds. The van der Waals surface area contributed by atoms with Crippen molar-refractivity contribution in [1.82, 2.24) is 0 Å². The molecule has 0 saturated heterocycles. The van der Waals surface area contributed by atoms with Gasteiger partial charge in [-0.2, -0.15) is 0 Å². The van der Waals surface area contributed by atoms with E-state index in [4.69, 9.17) is 9.05 Å². The second-order valence-corrected chi connectivity index (χ2v) is 10.5. The van der Waals surface area contributed by atoms with Gasteiger partial charge in [0.05, 0.1) is 0 Å². The molecule has 1 aliphatic heterocycles. The highest BCUT2D eigenvalue weighted by Crippen LogP contribution is 2.54. The minimum Gasteiger partial charge on any atom is -0.221 e. The van der Waals surface area contributed by atoms with E-state index in [9.17, 15) is 4.57 Å². The predicted octanol–water partition coefficient (Wildman–Crippen LogP) is 9.27. The van der Waals surface area contributed by atoms with Crippen molar-refractivity contribution in [2.45, 2.75) is 12.8 Å². The van der Waals surface area contributed by atoms with Gasteiger partial charge in [0.2, 0.25) is 11.5 Å². The van der Waals surface area contributed by atoms with Gasteiger partial charge in [-0.05, 0) is 44.8 Å². The van der Waals surface area contributed by atoms with Gasteiger partial charge in [0.25, 0.3) is 0 Å². The molecular formula is C34H24O3P+. The van der Waals surface area contributed by atoms with Crippen molar-refractivity contribution >= 4 is 29.8 Å². The standard InChI is InChI=1S/C34H24O3P/c35-38-36-33-27(19-23-11-3-1-4-12-23)21-25-15-7-9-17-29(25)31(33)32-30-18-10-8-16-26(30)22-28(34(32)37-38)20-24-13-5-2-6-14-24/h1-18,21-22H,19-20H2/q+1. The van der Waals surface area contributed by atoms with E-state index >= 15 is 0 Å². The van der Waals surface area contributed by atoms with Crippen LogP contribution in [0.2, 0.25) is 0 Å². The Kier molecular flexibility index (Phi) is 5.65. The maximum absolute atomic E-state index is 13.4. The van der Waals surface area contributed by atoms with Crippen molar-refractivity contribution in [2.75, 3.05) is 0 Å². The first kappa shape index (κ1) is 22.7. The third-order valence-corrected chi connectivity index (χ3v) is 7.88. The van der Waals surface area contributed by atoms with Gasteiger partial charge < -0.3 is 0 Å². The maximum atomic E-state index is 13.4. The van der Waals surface area contributed by atoms with Crippen LogP contribution < -0.4 is 9.05 Å². The van der Waals surface area contributed by atoms with Crippen molar-refractivity contribution in [2.24, 2.45) is 0 Å². The van der Waals surface area contributed by atoms with Gasteiger partial charge in [-0.1, -0.05) is 109 Å². The Balaban J connectivity index is 1.57. The molecule has 0 aromatic heterocycles. The highest BCUT2D eigenvalue weighted by Gasteiger charge is 2.38. The molecule has 1 heterocycles. The predicted molar refractivity (Wildman–Crippen MR) is 154 cm³/mol. The lowest BCUT2D eigenvalue weighted by Crippen LogP contribution is -1.97. The van der Waals surface area contributed by atoms with Crippen molar-refractivity contribution in [3.05, 3.63) is 144 Å². The summed E-state index contributed by atoms with van der Waals surface area (Å²) in [7, 11) is -2.43. The molecule has 0 aliphatic carbocycles. The van der Waals surface area contributed by atoms with Gasteiger partial charge >= 0.3 is 8.25 Å². The van der Waals surface area contributed by atoms with E-state index < -0.39 is 8.25 Å². The second-order valence-electron chi connectivity index (χ2n) is 9.65. The second kappa shape index (κ2) is 9.45. The summed E-state index contributed by atoms with van der Waals surface area (Å²) < 4.78 is 25.8. The first-order valence-electron chi connectivity index (χ1n) is 12.8. The Labute approximate surface area is 222 Å². The molecule has 6 aromatic rings. The van der Waals surface area contributed by atoms with Gasteiger partial charge in [0, 0.05) is 39.7 Å². The van der Waals surface area contributed by atoms with E-state index in [1.165, 1.54) is 0 Å². The Morgan fingerprint density at radius 2 is 0.895 bits per heavy atom. The molecule has 1 aliphatic rings. The minimum atomic E-state index is -2.43. The maximum Gasteiger partial charge on any atom is 0.805 e. The fourth-order valence-electron chi connectivity index (χ4n) is 5.54. The van der Waals surface area contributed by atoms with E-state index in [-0.39, 0.29) is 0 Å². The van der Waals surface area contributed by atoms with E-state index in [1.54, 1.807) is 0 Å². The fraction of sp³-hybridized carbons (Fsp3) is 0.0588. The van der Waals surface area contributed by atoms with Crippen LogP contribution in [0.1, 0.15) is 22.3 Å². The van der Waals surface area contributed by atoms with Gasteiger partial charge in [-0.3, -0.25) is 0 Å². The Morgan fingerprint density at radius 1 is 0.500 bits per heavy atom. The van der Waals surface area contributed by atoms with Crippen LogP contribution in [0.5, 0.6) is 11.5 Å². The lowest BCUT2D eigenvalue weighted by molar-refractivity contribution is 0.418. The number of benzene rings is 6. The zero-order chi connectivity index (χ0) is 25.5. The summed E-state index contributed by atoms with van der Waals surface area (Å²) in [6.07, 6.45) is 1.32. The van der Waals surface area contributed by atoms with E-state index in [1.807, 2.05) is 48.5 Å². The number of rotatable bonds is 4. The summed E-state index contributed by atoms with van der Waals surface area (Å²) in [5.74, 6) is 1.27. The highest BCUT2D eigenvalue weighted by molar-refractivity contribution is 7.34. The molecular weight excluding hydrogens is 487 g/mol. The molecule has 182 valence electrons. The van der Waals surface area contributed by atoms with E-state index in [2.05, 4.69) is 72.8 Å². The summed E-state index contributed by atoms with van der Waals surface area (Å²) in [5, 5.41) is 4.33. The van der Waals surface area contributed by atoms with Crippen LogP contribution >= 0.6 is 8.25 Å². The van der Waals surface area contributed by atoms with Crippen LogP contribution in [0, 0.1) is 0 Å². The smallest absolute Gasteiger partial charge is 0.221 e. The monoisotopic (exact) mass is 511 g/mol. The lowest BCUT2D eigenvalue weighted by Gasteiger charge is -2.17. The third-order valence-electron chi connectivity index (χ3n) is 7.21. The summed E-state index contributed by atoms with van der Waals surface area (Å²) in [5.41, 5.74) is 6.19. The number of hydrogen-bond donors (Lipinski definition) is 0. The molecule has 3 nitrogen and oxygen atoms in total. The van der Waals surface area contributed by atoms with Crippen molar-refractivity contribution in [3.63, 3.8) is 0 Å². The first-order chi connectivity index (χ1) is 18.7. The van der Waals surface area contributed by atoms with Crippen LogP contribution in [0.15, 0.2) is 121 Å². The van der Waals surface area contributed by atoms with Crippen LogP contribution in [0.3, 0.4) is 0 Å².